The van der Waals surface area contributed by atoms with E-state index in [0.717, 1.165) is 39.0 Å². The zero-order chi connectivity index (χ0) is 39.1. The lowest BCUT2D eigenvalue weighted by atomic mass is 9.74. The molecule has 3 heteroatoms. The van der Waals surface area contributed by atoms with Gasteiger partial charge in [-0.3, -0.25) is 0 Å². The Morgan fingerprint density at radius 1 is 0.407 bits per heavy atom. The summed E-state index contributed by atoms with van der Waals surface area (Å²) in [6.07, 6.45) is 0. The summed E-state index contributed by atoms with van der Waals surface area (Å²) in [5.74, 6) is 0. The molecule has 12 rings (SSSR count). The minimum Gasteiger partial charge on any atom is -0.456 e. The Kier molecular flexibility index (Phi) is 7.57. The van der Waals surface area contributed by atoms with Crippen LogP contribution >= 0.6 is 11.3 Å². The third-order valence-electron chi connectivity index (χ3n) is 12.6. The van der Waals surface area contributed by atoms with Crippen molar-refractivity contribution in [2.24, 2.45) is 0 Å². The van der Waals surface area contributed by atoms with Crippen molar-refractivity contribution < 1.29 is 4.42 Å². The molecule has 278 valence electrons. The molecule has 2 aromatic heterocycles. The smallest absolute Gasteiger partial charge is 0.139 e. The summed E-state index contributed by atoms with van der Waals surface area (Å²) in [5.41, 5.74) is 15.9. The SMILES string of the molecule is CC1(c2cccc3c2oc2cc(N(c4ccc(-c5ccccc5)cc4)c4ccc(-c5cccc6c5sc5ccccc56)cc4)ccc23)c2ccccc2-c2ccccc21. The molecule has 9 aromatic carbocycles. The summed E-state index contributed by atoms with van der Waals surface area (Å²) < 4.78 is 9.69. The summed E-state index contributed by atoms with van der Waals surface area (Å²) >= 11 is 1.87. The van der Waals surface area contributed by atoms with Gasteiger partial charge in [0.1, 0.15) is 11.2 Å². The predicted octanol–water partition coefficient (Wildman–Crippen LogP) is 16.1. The number of thiophene rings is 1. The molecule has 1 aliphatic rings. The molecule has 0 aliphatic heterocycles. The Hall–Kier alpha value is -7.20. The van der Waals surface area contributed by atoms with Crippen molar-refractivity contribution in [1.29, 1.82) is 0 Å². The van der Waals surface area contributed by atoms with Crippen LogP contribution in [0, 0.1) is 0 Å². The van der Waals surface area contributed by atoms with Crippen LogP contribution in [0.4, 0.5) is 17.1 Å². The third kappa shape index (κ3) is 5.18. The van der Waals surface area contributed by atoms with Crippen LogP contribution in [0.2, 0.25) is 0 Å². The maximum Gasteiger partial charge on any atom is 0.139 e. The summed E-state index contributed by atoms with van der Waals surface area (Å²) in [5, 5.41) is 4.87. The Morgan fingerprint density at radius 3 is 1.69 bits per heavy atom. The molecule has 0 spiro atoms. The molecule has 0 atom stereocenters. The van der Waals surface area contributed by atoms with E-state index < -0.39 is 0 Å². The van der Waals surface area contributed by atoms with Gasteiger partial charge in [-0.05, 0) is 93.9 Å². The number of furan rings is 1. The lowest BCUT2D eigenvalue weighted by molar-refractivity contribution is 0.638. The van der Waals surface area contributed by atoms with Crippen LogP contribution in [-0.2, 0) is 5.41 Å². The van der Waals surface area contributed by atoms with E-state index in [2.05, 4.69) is 218 Å². The van der Waals surface area contributed by atoms with Crippen molar-refractivity contribution in [1.82, 2.24) is 0 Å². The molecule has 59 heavy (non-hydrogen) atoms. The Morgan fingerprint density at radius 2 is 0.949 bits per heavy atom. The van der Waals surface area contributed by atoms with Crippen molar-refractivity contribution >= 4 is 70.5 Å². The van der Waals surface area contributed by atoms with Crippen molar-refractivity contribution in [3.8, 4) is 33.4 Å². The van der Waals surface area contributed by atoms with Crippen LogP contribution in [0.1, 0.15) is 23.6 Å². The maximum atomic E-state index is 7.05. The van der Waals surface area contributed by atoms with Crippen molar-refractivity contribution in [2.45, 2.75) is 12.3 Å². The molecule has 0 unspecified atom stereocenters. The largest absolute Gasteiger partial charge is 0.456 e. The molecule has 0 bridgehead atoms. The third-order valence-corrected chi connectivity index (χ3v) is 13.8. The van der Waals surface area contributed by atoms with Gasteiger partial charge in [-0.25, -0.2) is 0 Å². The first kappa shape index (κ1) is 33.9. The fourth-order valence-corrected chi connectivity index (χ4v) is 10.9. The van der Waals surface area contributed by atoms with Gasteiger partial charge in [-0.1, -0.05) is 158 Å². The molecule has 11 aromatic rings. The number of fused-ring (bicyclic) bond motifs is 9. The van der Waals surface area contributed by atoms with Crippen molar-refractivity contribution in [3.63, 3.8) is 0 Å². The summed E-state index contributed by atoms with van der Waals surface area (Å²) in [7, 11) is 0. The number of nitrogens with zero attached hydrogens (tertiary/aromatic N) is 1. The maximum absolute atomic E-state index is 7.05. The molecule has 0 fully saturated rings. The molecule has 2 nitrogen and oxygen atoms in total. The van der Waals surface area contributed by atoms with E-state index >= 15 is 0 Å². The normalized spacial score (nSPS) is 13.0. The lowest BCUT2D eigenvalue weighted by Crippen LogP contribution is -2.22. The molecule has 0 radical (unpaired) electrons. The topological polar surface area (TPSA) is 16.4 Å². The van der Waals surface area contributed by atoms with Gasteiger partial charge in [0, 0.05) is 65.1 Å². The quantitative estimate of drug-likeness (QED) is 0.167. The first-order valence-corrected chi connectivity index (χ1v) is 21.1. The standard InChI is InChI=1S/C56H37NOS/c1-56(49-21-8-5-15-43(49)44-16-6-9-22-50(44)56)51-23-12-19-47-45-34-33-41(35-52(45)58-54(47)51)57(39-29-25-37(26-30-39)36-13-3-2-4-14-36)40-31-27-38(28-32-40)42-18-11-20-48-46-17-7-10-24-53(46)59-55(42)48/h2-35H,1H3. The van der Waals surface area contributed by atoms with Gasteiger partial charge in [-0.15, -0.1) is 11.3 Å². The molecule has 0 saturated heterocycles. The highest BCUT2D eigenvalue weighted by Crippen LogP contribution is 2.54. The molecule has 0 N–H and O–H groups in total. The number of hydrogen-bond acceptors (Lipinski definition) is 3. The van der Waals surface area contributed by atoms with Crippen LogP contribution in [0.5, 0.6) is 0 Å². The van der Waals surface area contributed by atoms with Gasteiger partial charge in [-0.2, -0.15) is 0 Å². The number of para-hydroxylation sites is 1. The molecule has 2 heterocycles. The van der Waals surface area contributed by atoms with Crippen LogP contribution in [-0.4, -0.2) is 0 Å². The van der Waals surface area contributed by atoms with Gasteiger partial charge in [0.05, 0.1) is 0 Å². The van der Waals surface area contributed by atoms with Crippen LogP contribution in [0.25, 0.3) is 75.5 Å². The van der Waals surface area contributed by atoms with Crippen LogP contribution in [0.15, 0.2) is 211 Å². The monoisotopic (exact) mass is 771 g/mol. The van der Waals surface area contributed by atoms with E-state index in [4.69, 9.17) is 4.42 Å². The van der Waals surface area contributed by atoms with Crippen LogP contribution in [0.3, 0.4) is 0 Å². The van der Waals surface area contributed by atoms with E-state index in [1.54, 1.807) is 0 Å². The van der Waals surface area contributed by atoms with E-state index in [9.17, 15) is 0 Å². The van der Waals surface area contributed by atoms with Gasteiger partial charge < -0.3 is 9.32 Å². The highest BCUT2D eigenvalue weighted by molar-refractivity contribution is 7.26. The van der Waals surface area contributed by atoms with Crippen LogP contribution < -0.4 is 4.90 Å². The molecule has 0 saturated carbocycles. The fraction of sp³-hybridized carbons (Fsp3) is 0.0357. The minimum atomic E-state index is -0.363. The molecular weight excluding hydrogens is 735 g/mol. The number of hydrogen-bond donors (Lipinski definition) is 0. The zero-order valence-corrected chi connectivity index (χ0v) is 33.2. The van der Waals surface area contributed by atoms with Gasteiger partial charge in [0.2, 0.25) is 0 Å². The molecule has 1 aliphatic carbocycles. The number of anilines is 3. The second-order valence-corrected chi connectivity index (χ2v) is 16.8. The van der Waals surface area contributed by atoms with Crippen molar-refractivity contribution in [2.75, 3.05) is 4.90 Å². The van der Waals surface area contributed by atoms with Crippen molar-refractivity contribution in [3.05, 3.63) is 223 Å². The average Bonchev–Trinajstić information content (AvgIpc) is 3.96. The van der Waals surface area contributed by atoms with E-state index in [1.165, 1.54) is 70.2 Å². The predicted molar refractivity (Wildman–Crippen MR) is 250 cm³/mol. The number of benzene rings is 9. The Balaban J connectivity index is 0.997. The first-order valence-electron chi connectivity index (χ1n) is 20.2. The second kappa shape index (κ2) is 13.2. The fourth-order valence-electron chi connectivity index (χ4n) is 9.71. The van der Waals surface area contributed by atoms with E-state index in [1.807, 2.05) is 11.3 Å². The Labute approximate surface area is 346 Å². The summed E-state index contributed by atoms with van der Waals surface area (Å²) in [6, 6.07) is 74.9. The van der Waals surface area contributed by atoms with Gasteiger partial charge >= 0.3 is 0 Å². The first-order chi connectivity index (χ1) is 29.1. The molecule has 0 amide bonds. The van der Waals surface area contributed by atoms with Gasteiger partial charge in [0.15, 0.2) is 0 Å². The van der Waals surface area contributed by atoms with E-state index in [-0.39, 0.29) is 5.41 Å². The lowest BCUT2D eigenvalue weighted by Gasteiger charge is -2.28. The second-order valence-electron chi connectivity index (χ2n) is 15.8. The highest BCUT2D eigenvalue weighted by atomic mass is 32.1. The average molecular weight is 772 g/mol. The summed E-state index contributed by atoms with van der Waals surface area (Å²) in [4.78, 5) is 2.34. The Bertz CT molecular complexity index is 3350. The number of rotatable bonds is 6. The van der Waals surface area contributed by atoms with Gasteiger partial charge in [0.25, 0.3) is 0 Å². The molecular formula is C56H37NOS. The van der Waals surface area contributed by atoms with E-state index in [0.29, 0.717) is 0 Å². The summed E-state index contributed by atoms with van der Waals surface area (Å²) in [6.45, 7) is 2.36. The highest BCUT2D eigenvalue weighted by Gasteiger charge is 2.42. The zero-order valence-electron chi connectivity index (χ0n) is 32.4. The minimum absolute atomic E-state index is 0.363.